The van der Waals surface area contributed by atoms with Crippen LogP contribution in [0.15, 0.2) is 60.7 Å². The smallest absolute Gasteiger partial charge is 0.257 e. The molecule has 3 aromatic carbocycles. The van der Waals surface area contributed by atoms with Gasteiger partial charge < -0.3 is 15.1 Å². The van der Waals surface area contributed by atoms with Crippen LogP contribution < -0.4 is 0 Å². The molecule has 0 unspecified atom stereocenters. The van der Waals surface area contributed by atoms with Crippen molar-refractivity contribution in [3.05, 3.63) is 71.8 Å². The van der Waals surface area contributed by atoms with E-state index in [0.717, 1.165) is 10.8 Å². The molecule has 0 radical (unpaired) electrons. The van der Waals surface area contributed by atoms with Crippen molar-refractivity contribution in [2.45, 2.75) is 6.54 Å². The van der Waals surface area contributed by atoms with Gasteiger partial charge in [-0.05, 0) is 29.0 Å². The summed E-state index contributed by atoms with van der Waals surface area (Å²) in [6.07, 6.45) is 0. The van der Waals surface area contributed by atoms with Crippen LogP contribution in [-0.4, -0.2) is 28.1 Å². The average molecular weight is 307 g/mol. The molecule has 23 heavy (non-hydrogen) atoms. The van der Waals surface area contributed by atoms with E-state index in [9.17, 15) is 15.0 Å². The fourth-order valence-electron chi connectivity index (χ4n) is 2.58. The largest absolute Gasteiger partial charge is 0.508 e. The van der Waals surface area contributed by atoms with Crippen molar-refractivity contribution < 1.29 is 15.0 Å². The van der Waals surface area contributed by atoms with Gasteiger partial charge in [-0.1, -0.05) is 42.5 Å². The van der Waals surface area contributed by atoms with Crippen LogP contribution in [0.5, 0.6) is 11.5 Å². The van der Waals surface area contributed by atoms with Crippen molar-refractivity contribution >= 4 is 16.7 Å². The number of hydrogen-bond acceptors (Lipinski definition) is 3. The molecule has 0 saturated heterocycles. The molecule has 0 atom stereocenters. The molecule has 0 heterocycles. The van der Waals surface area contributed by atoms with Crippen LogP contribution in [0.25, 0.3) is 10.8 Å². The molecule has 116 valence electrons. The maximum Gasteiger partial charge on any atom is 0.257 e. The fourth-order valence-corrected chi connectivity index (χ4v) is 2.58. The number of fused-ring (bicyclic) bond motifs is 1. The molecule has 0 aliphatic carbocycles. The maximum absolute atomic E-state index is 12.6. The SMILES string of the molecule is CN(Cc1ccccc1O)C(=O)c1cc2ccccc2cc1O. The van der Waals surface area contributed by atoms with Crippen LogP contribution in [0.4, 0.5) is 0 Å². The third-order valence-electron chi connectivity index (χ3n) is 3.84. The maximum atomic E-state index is 12.6. The predicted octanol–water partition coefficient (Wildman–Crippen LogP) is 3.52. The highest BCUT2D eigenvalue weighted by molar-refractivity contribution is 6.01. The summed E-state index contributed by atoms with van der Waals surface area (Å²) in [4.78, 5) is 14.1. The molecule has 1 amide bonds. The molecule has 4 nitrogen and oxygen atoms in total. The van der Waals surface area contributed by atoms with Gasteiger partial charge in [0, 0.05) is 19.2 Å². The zero-order valence-corrected chi connectivity index (χ0v) is 12.7. The topological polar surface area (TPSA) is 60.8 Å². The van der Waals surface area contributed by atoms with Gasteiger partial charge in [-0.25, -0.2) is 0 Å². The lowest BCUT2D eigenvalue weighted by Crippen LogP contribution is -2.26. The first-order valence-corrected chi connectivity index (χ1v) is 7.30. The summed E-state index contributed by atoms with van der Waals surface area (Å²) >= 11 is 0. The number of rotatable bonds is 3. The molecule has 0 aromatic heterocycles. The van der Waals surface area contributed by atoms with E-state index in [1.165, 1.54) is 4.90 Å². The van der Waals surface area contributed by atoms with E-state index in [-0.39, 0.29) is 29.5 Å². The minimum atomic E-state index is -0.295. The minimum Gasteiger partial charge on any atom is -0.508 e. The van der Waals surface area contributed by atoms with Gasteiger partial charge in [0.25, 0.3) is 5.91 Å². The first kappa shape index (κ1) is 14.9. The van der Waals surface area contributed by atoms with Gasteiger partial charge in [0.15, 0.2) is 0 Å². The van der Waals surface area contributed by atoms with E-state index in [4.69, 9.17) is 0 Å². The van der Waals surface area contributed by atoms with Gasteiger partial charge in [-0.3, -0.25) is 4.79 Å². The molecule has 3 aromatic rings. The molecule has 0 saturated carbocycles. The van der Waals surface area contributed by atoms with Crippen molar-refractivity contribution in [3.63, 3.8) is 0 Å². The van der Waals surface area contributed by atoms with E-state index in [2.05, 4.69) is 0 Å². The molecule has 4 heteroatoms. The summed E-state index contributed by atoms with van der Waals surface area (Å²) in [5.74, 6) is -0.191. The van der Waals surface area contributed by atoms with Crippen molar-refractivity contribution in [3.8, 4) is 11.5 Å². The highest BCUT2D eigenvalue weighted by atomic mass is 16.3. The third-order valence-corrected chi connectivity index (χ3v) is 3.84. The Morgan fingerprint density at radius 1 is 0.913 bits per heavy atom. The van der Waals surface area contributed by atoms with Gasteiger partial charge in [-0.2, -0.15) is 0 Å². The number of para-hydroxylation sites is 1. The summed E-state index contributed by atoms with van der Waals surface area (Å²) < 4.78 is 0. The van der Waals surface area contributed by atoms with Crippen LogP contribution in [0.3, 0.4) is 0 Å². The van der Waals surface area contributed by atoms with E-state index in [1.54, 1.807) is 43.4 Å². The highest BCUT2D eigenvalue weighted by Crippen LogP contribution is 2.27. The molecule has 0 aliphatic rings. The first-order valence-electron chi connectivity index (χ1n) is 7.30. The molecule has 3 rings (SSSR count). The van der Waals surface area contributed by atoms with Crippen molar-refractivity contribution in [1.82, 2.24) is 4.90 Å². The summed E-state index contributed by atoms with van der Waals surface area (Å²) in [6, 6.07) is 17.7. The fraction of sp³-hybridized carbons (Fsp3) is 0.105. The number of carbonyl (C=O) groups is 1. The zero-order chi connectivity index (χ0) is 16.4. The van der Waals surface area contributed by atoms with E-state index in [0.29, 0.717) is 5.56 Å². The highest BCUT2D eigenvalue weighted by Gasteiger charge is 2.17. The average Bonchev–Trinajstić information content (AvgIpc) is 2.55. The lowest BCUT2D eigenvalue weighted by atomic mass is 10.0. The van der Waals surface area contributed by atoms with Crippen LogP contribution in [0, 0.1) is 0 Å². The quantitative estimate of drug-likeness (QED) is 0.778. The van der Waals surface area contributed by atoms with Gasteiger partial charge in [-0.15, -0.1) is 0 Å². The second kappa shape index (κ2) is 6.01. The number of amides is 1. The second-order valence-electron chi connectivity index (χ2n) is 5.51. The van der Waals surface area contributed by atoms with Gasteiger partial charge in [0.05, 0.1) is 5.56 Å². The Morgan fingerprint density at radius 3 is 2.22 bits per heavy atom. The predicted molar refractivity (Wildman–Crippen MR) is 89.5 cm³/mol. The molecule has 0 aliphatic heterocycles. The number of benzene rings is 3. The first-order chi connectivity index (χ1) is 11.1. The van der Waals surface area contributed by atoms with Gasteiger partial charge >= 0.3 is 0 Å². The molecule has 0 spiro atoms. The lowest BCUT2D eigenvalue weighted by molar-refractivity contribution is 0.0781. The molecular formula is C19H17NO3. The summed E-state index contributed by atoms with van der Waals surface area (Å²) in [6.45, 7) is 0.262. The third kappa shape index (κ3) is 2.97. The molecular weight excluding hydrogens is 290 g/mol. The molecule has 0 bridgehead atoms. The van der Waals surface area contributed by atoms with E-state index < -0.39 is 0 Å². The van der Waals surface area contributed by atoms with Crippen LogP contribution in [0.1, 0.15) is 15.9 Å². The Hall–Kier alpha value is -3.01. The van der Waals surface area contributed by atoms with Gasteiger partial charge in [0.1, 0.15) is 11.5 Å². The van der Waals surface area contributed by atoms with Crippen molar-refractivity contribution in [2.75, 3.05) is 7.05 Å². The number of nitrogens with zero attached hydrogens (tertiary/aromatic N) is 1. The summed E-state index contributed by atoms with van der Waals surface area (Å²) in [5.41, 5.74) is 0.908. The normalized spacial score (nSPS) is 10.7. The molecule has 2 N–H and O–H groups in total. The number of carbonyl (C=O) groups excluding carboxylic acids is 1. The lowest BCUT2D eigenvalue weighted by Gasteiger charge is -2.19. The number of aromatic hydroxyl groups is 2. The number of phenols is 2. The zero-order valence-electron chi connectivity index (χ0n) is 12.7. The Labute approximate surface area is 134 Å². The Bertz CT molecular complexity index is 873. The monoisotopic (exact) mass is 307 g/mol. The number of phenolic OH excluding ortho intramolecular Hbond substituents is 2. The second-order valence-corrected chi connectivity index (χ2v) is 5.51. The Kier molecular flexibility index (Phi) is 3.89. The Morgan fingerprint density at radius 2 is 1.52 bits per heavy atom. The minimum absolute atomic E-state index is 0.0437. The van der Waals surface area contributed by atoms with Crippen LogP contribution in [-0.2, 0) is 6.54 Å². The van der Waals surface area contributed by atoms with Crippen LogP contribution >= 0.6 is 0 Å². The summed E-state index contributed by atoms with van der Waals surface area (Å²) in [7, 11) is 1.64. The summed E-state index contributed by atoms with van der Waals surface area (Å²) in [5, 5.41) is 21.7. The van der Waals surface area contributed by atoms with Crippen molar-refractivity contribution in [1.29, 1.82) is 0 Å². The van der Waals surface area contributed by atoms with E-state index >= 15 is 0 Å². The van der Waals surface area contributed by atoms with E-state index in [1.807, 2.05) is 24.3 Å². The van der Waals surface area contributed by atoms with Gasteiger partial charge in [0.2, 0.25) is 0 Å². The molecule has 0 fully saturated rings. The Balaban J connectivity index is 1.90. The number of hydrogen-bond donors (Lipinski definition) is 2. The standard InChI is InChI=1S/C19H17NO3/c1-20(12-15-8-4-5-9-17(15)21)19(23)16-10-13-6-2-3-7-14(13)11-18(16)22/h2-11,21-22H,12H2,1H3. The van der Waals surface area contributed by atoms with Crippen molar-refractivity contribution in [2.24, 2.45) is 0 Å². The van der Waals surface area contributed by atoms with Crippen LogP contribution in [0.2, 0.25) is 0 Å².